The number of methoxy groups -OCH3 is 1. The molecule has 1 unspecified atom stereocenters. The van der Waals surface area contributed by atoms with E-state index in [0.717, 1.165) is 12.8 Å². The van der Waals surface area contributed by atoms with Crippen LogP contribution < -0.4 is 0 Å². The van der Waals surface area contributed by atoms with Gasteiger partial charge < -0.3 is 23.7 Å². The van der Waals surface area contributed by atoms with E-state index in [4.69, 9.17) is 23.7 Å². The lowest BCUT2D eigenvalue weighted by Crippen LogP contribution is -2.21. The summed E-state index contributed by atoms with van der Waals surface area (Å²) in [6, 6.07) is 10.4. The van der Waals surface area contributed by atoms with Crippen LogP contribution in [0.3, 0.4) is 0 Å². The highest BCUT2D eigenvalue weighted by atomic mass is 16.7. The molecule has 0 N–H and O–H groups in total. The molecule has 1 aromatic rings. The van der Waals surface area contributed by atoms with Crippen LogP contribution >= 0.6 is 0 Å². The van der Waals surface area contributed by atoms with Crippen LogP contribution in [0, 0.1) is 0 Å². The Hall–Kier alpha value is -0.980. The molecule has 132 valence electrons. The summed E-state index contributed by atoms with van der Waals surface area (Å²) >= 11 is 0. The summed E-state index contributed by atoms with van der Waals surface area (Å²) in [5.74, 6) is 0. The van der Waals surface area contributed by atoms with Crippen LogP contribution in [0.15, 0.2) is 30.3 Å². The van der Waals surface area contributed by atoms with E-state index in [1.54, 1.807) is 7.11 Å². The van der Waals surface area contributed by atoms with Crippen molar-refractivity contribution in [2.24, 2.45) is 0 Å². The number of aryl methyl sites for hydroxylation is 1. The molecule has 0 heterocycles. The monoisotopic (exact) mass is 326 g/mol. The lowest BCUT2D eigenvalue weighted by atomic mass is 10.1. The van der Waals surface area contributed by atoms with Crippen molar-refractivity contribution in [1.82, 2.24) is 0 Å². The van der Waals surface area contributed by atoms with Gasteiger partial charge in [0.05, 0.1) is 39.6 Å². The van der Waals surface area contributed by atoms with Gasteiger partial charge in [0.25, 0.3) is 0 Å². The Morgan fingerprint density at radius 2 is 1.48 bits per heavy atom. The van der Waals surface area contributed by atoms with Gasteiger partial charge in [-0.3, -0.25) is 0 Å². The fraction of sp³-hybridized carbons (Fsp3) is 0.667. The summed E-state index contributed by atoms with van der Waals surface area (Å²) in [5.41, 5.74) is 1.30. The molecule has 5 heteroatoms. The first kappa shape index (κ1) is 20.1. The zero-order valence-corrected chi connectivity index (χ0v) is 14.4. The Labute approximate surface area is 139 Å². The molecule has 0 saturated heterocycles. The predicted octanol–water partition coefficient (Wildman–Crippen LogP) is 2.68. The smallest absolute Gasteiger partial charge is 0.157 e. The zero-order valence-electron chi connectivity index (χ0n) is 14.4. The van der Waals surface area contributed by atoms with Crippen molar-refractivity contribution in [2.75, 3.05) is 53.4 Å². The van der Waals surface area contributed by atoms with Crippen LogP contribution in [-0.4, -0.2) is 59.6 Å². The van der Waals surface area contributed by atoms with Crippen molar-refractivity contribution in [3.63, 3.8) is 0 Å². The lowest BCUT2D eigenvalue weighted by Gasteiger charge is -2.18. The second kappa shape index (κ2) is 14.6. The van der Waals surface area contributed by atoms with E-state index >= 15 is 0 Å². The van der Waals surface area contributed by atoms with Gasteiger partial charge >= 0.3 is 0 Å². The molecular weight excluding hydrogens is 296 g/mol. The van der Waals surface area contributed by atoms with Crippen LogP contribution in [0.25, 0.3) is 0 Å². The topological polar surface area (TPSA) is 46.2 Å². The van der Waals surface area contributed by atoms with Crippen LogP contribution in [0.1, 0.15) is 18.9 Å². The molecule has 0 aliphatic heterocycles. The van der Waals surface area contributed by atoms with Gasteiger partial charge in [0, 0.05) is 20.1 Å². The maximum absolute atomic E-state index is 5.74. The summed E-state index contributed by atoms with van der Waals surface area (Å²) in [6.07, 6.45) is 1.61. The van der Waals surface area contributed by atoms with Crippen molar-refractivity contribution in [3.05, 3.63) is 35.9 Å². The fourth-order valence-electron chi connectivity index (χ4n) is 2.03. The van der Waals surface area contributed by atoms with Gasteiger partial charge in [0.2, 0.25) is 0 Å². The van der Waals surface area contributed by atoms with Crippen molar-refractivity contribution in [2.45, 2.75) is 26.1 Å². The van der Waals surface area contributed by atoms with E-state index in [2.05, 4.69) is 24.3 Å². The molecule has 0 amide bonds. The Bertz CT molecular complexity index is 358. The van der Waals surface area contributed by atoms with Crippen molar-refractivity contribution < 1.29 is 23.7 Å². The zero-order chi connectivity index (χ0) is 16.6. The fourth-order valence-corrected chi connectivity index (χ4v) is 2.03. The summed E-state index contributed by atoms with van der Waals surface area (Å²) in [4.78, 5) is 0. The minimum atomic E-state index is -0.179. The third-order valence-corrected chi connectivity index (χ3v) is 3.20. The third-order valence-electron chi connectivity index (χ3n) is 3.20. The summed E-state index contributed by atoms with van der Waals surface area (Å²) in [6.45, 7) is 6.05. The Balaban J connectivity index is 2.04. The molecule has 1 aromatic carbocycles. The van der Waals surface area contributed by atoms with Crippen LogP contribution in [0.4, 0.5) is 0 Å². The average molecular weight is 326 g/mol. The van der Waals surface area contributed by atoms with Crippen molar-refractivity contribution >= 4 is 0 Å². The second-order valence-corrected chi connectivity index (χ2v) is 5.00. The maximum atomic E-state index is 5.74. The molecule has 1 atom stereocenters. The van der Waals surface area contributed by atoms with Gasteiger partial charge in [-0.2, -0.15) is 0 Å². The van der Waals surface area contributed by atoms with Crippen molar-refractivity contribution in [3.8, 4) is 0 Å². The number of hydrogen-bond donors (Lipinski definition) is 0. The maximum Gasteiger partial charge on any atom is 0.157 e. The SMILES string of the molecule is CCOC(CCc1ccccc1)OCCOCCOCCOC. The van der Waals surface area contributed by atoms with Crippen LogP contribution in [0.2, 0.25) is 0 Å². The molecule has 0 radical (unpaired) electrons. The Morgan fingerprint density at radius 3 is 2.13 bits per heavy atom. The molecule has 1 rings (SSSR count). The molecular formula is C18H30O5. The van der Waals surface area contributed by atoms with Gasteiger partial charge in [-0.1, -0.05) is 30.3 Å². The molecule has 0 aliphatic carbocycles. The molecule has 0 aromatic heterocycles. The molecule has 0 spiro atoms. The van der Waals surface area contributed by atoms with Gasteiger partial charge in [-0.05, 0) is 18.9 Å². The predicted molar refractivity (Wildman–Crippen MR) is 89.6 cm³/mol. The van der Waals surface area contributed by atoms with Gasteiger partial charge in [-0.25, -0.2) is 0 Å². The van der Waals surface area contributed by atoms with E-state index in [-0.39, 0.29) is 6.29 Å². The molecule has 0 aliphatic rings. The van der Waals surface area contributed by atoms with Crippen LogP contribution in [-0.2, 0) is 30.1 Å². The molecule has 0 fully saturated rings. The van der Waals surface area contributed by atoms with Gasteiger partial charge in [0.1, 0.15) is 0 Å². The quantitative estimate of drug-likeness (QED) is 0.366. The minimum Gasteiger partial charge on any atom is -0.382 e. The highest BCUT2D eigenvalue weighted by Crippen LogP contribution is 2.08. The Kier molecular flexibility index (Phi) is 12.7. The van der Waals surface area contributed by atoms with E-state index in [1.165, 1.54) is 5.56 Å². The lowest BCUT2D eigenvalue weighted by molar-refractivity contribution is -0.151. The molecule has 5 nitrogen and oxygen atoms in total. The minimum absolute atomic E-state index is 0.179. The number of hydrogen-bond acceptors (Lipinski definition) is 5. The van der Waals surface area contributed by atoms with Crippen molar-refractivity contribution in [1.29, 1.82) is 0 Å². The molecule has 0 bridgehead atoms. The highest BCUT2D eigenvalue weighted by molar-refractivity contribution is 5.14. The van der Waals surface area contributed by atoms with Gasteiger partial charge in [-0.15, -0.1) is 0 Å². The standard InChI is InChI=1S/C18H30O5/c1-3-22-18(10-9-17-7-5-4-6-8-17)23-16-15-21-14-13-20-12-11-19-2/h4-8,18H,3,9-16H2,1-2H3. The number of benzene rings is 1. The summed E-state index contributed by atoms with van der Waals surface area (Å²) < 4.78 is 27.0. The first-order valence-electron chi connectivity index (χ1n) is 8.28. The van der Waals surface area contributed by atoms with E-state index in [1.807, 2.05) is 13.0 Å². The number of ether oxygens (including phenoxy) is 5. The first-order chi connectivity index (χ1) is 11.4. The van der Waals surface area contributed by atoms with E-state index in [0.29, 0.717) is 46.2 Å². The summed E-state index contributed by atoms with van der Waals surface area (Å²) in [5, 5.41) is 0. The van der Waals surface area contributed by atoms with E-state index in [9.17, 15) is 0 Å². The largest absolute Gasteiger partial charge is 0.382 e. The second-order valence-electron chi connectivity index (χ2n) is 5.00. The highest BCUT2D eigenvalue weighted by Gasteiger charge is 2.08. The average Bonchev–Trinajstić information content (AvgIpc) is 2.59. The van der Waals surface area contributed by atoms with E-state index < -0.39 is 0 Å². The normalized spacial score (nSPS) is 12.4. The Morgan fingerprint density at radius 1 is 0.826 bits per heavy atom. The molecule has 0 saturated carbocycles. The third kappa shape index (κ3) is 11.2. The van der Waals surface area contributed by atoms with Gasteiger partial charge in [0.15, 0.2) is 6.29 Å². The summed E-state index contributed by atoms with van der Waals surface area (Å²) in [7, 11) is 1.66. The first-order valence-corrected chi connectivity index (χ1v) is 8.28. The molecule has 23 heavy (non-hydrogen) atoms. The van der Waals surface area contributed by atoms with Crippen LogP contribution in [0.5, 0.6) is 0 Å². The number of rotatable bonds is 15.